The third-order valence-electron chi connectivity index (χ3n) is 3.48. The summed E-state index contributed by atoms with van der Waals surface area (Å²) in [6, 6.07) is 14.4. The second-order valence-electron chi connectivity index (χ2n) is 5.26. The summed E-state index contributed by atoms with van der Waals surface area (Å²) in [6.45, 7) is 0. The van der Waals surface area contributed by atoms with Crippen LogP contribution < -0.4 is 10.1 Å². The van der Waals surface area contributed by atoms with Crippen molar-refractivity contribution in [3.05, 3.63) is 59.4 Å². The fourth-order valence-electron chi connectivity index (χ4n) is 2.29. The molecule has 1 amide bonds. The zero-order valence-electron chi connectivity index (χ0n) is 13.5. The number of anilines is 1. The van der Waals surface area contributed by atoms with Crippen LogP contribution in [-0.4, -0.2) is 23.2 Å². The highest BCUT2D eigenvalue weighted by Crippen LogP contribution is 2.28. The highest BCUT2D eigenvalue weighted by atomic mass is 35.5. The summed E-state index contributed by atoms with van der Waals surface area (Å²) in [7, 11) is 1.58. The second kappa shape index (κ2) is 7.81. The van der Waals surface area contributed by atoms with Gasteiger partial charge in [-0.25, -0.2) is 0 Å². The number of rotatable bonds is 6. The van der Waals surface area contributed by atoms with Crippen molar-refractivity contribution in [1.29, 1.82) is 0 Å². The predicted molar refractivity (Wildman–Crippen MR) is 94.7 cm³/mol. The number of benzene rings is 2. The molecule has 0 saturated heterocycles. The molecule has 25 heavy (non-hydrogen) atoms. The minimum absolute atomic E-state index is 0.153. The monoisotopic (exact) mass is 357 g/mol. The first-order valence-corrected chi connectivity index (χ1v) is 8.04. The van der Waals surface area contributed by atoms with Crippen molar-refractivity contribution >= 4 is 23.2 Å². The molecule has 1 heterocycles. The van der Waals surface area contributed by atoms with Crippen LogP contribution in [0.15, 0.2) is 52.9 Å². The van der Waals surface area contributed by atoms with Crippen molar-refractivity contribution in [3.8, 4) is 17.2 Å². The Balaban J connectivity index is 1.61. The zero-order valence-corrected chi connectivity index (χ0v) is 14.3. The van der Waals surface area contributed by atoms with Gasteiger partial charge in [-0.15, -0.1) is 10.2 Å². The Bertz CT molecular complexity index is 879. The molecule has 1 N–H and O–H groups in total. The number of carbonyl (C=O) groups excluding carboxylic acids is 1. The van der Waals surface area contributed by atoms with Crippen molar-refractivity contribution in [2.75, 3.05) is 12.4 Å². The molecule has 0 fully saturated rings. The van der Waals surface area contributed by atoms with Gasteiger partial charge >= 0.3 is 0 Å². The lowest BCUT2D eigenvalue weighted by atomic mass is 10.2. The number of amides is 1. The quantitative estimate of drug-likeness (QED) is 0.722. The lowest BCUT2D eigenvalue weighted by molar-refractivity contribution is -0.116. The Morgan fingerprint density at radius 1 is 1.20 bits per heavy atom. The topological polar surface area (TPSA) is 77.2 Å². The van der Waals surface area contributed by atoms with Crippen LogP contribution in [-0.2, 0) is 11.2 Å². The van der Waals surface area contributed by atoms with Gasteiger partial charge < -0.3 is 14.5 Å². The van der Waals surface area contributed by atoms with Gasteiger partial charge in [-0.3, -0.25) is 4.79 Å². The smallest absolute Gasteiger partial charge is 0.251 e. The molecule has 0 aliphatic heterocycles. The molecule has 0 spiro atoms. The molecule has 6 nitrogen and oxygen atoms in total. The number of aryl methyl sites for hydroxylation is 1. The molecule has 0 aliphatic rings. The van der Waals surface area contributed by atoms with Crippen molar-refractivity contribution in [2.24, 2.45) is 0 Å². The third-order valence-corrected chi connectivity index (χ3v) is 3.71. The molecule has 0 radical (unpaired) electrons. The molecule has 0 unspecified atom stereocenters. The molecule has 1 aromatic heterocycles. The van der Waals surface area contributed by atoms with Gasteiger partial charge in [0.05, 0.1) is 12.7 Å². The first-order chi connectivity index (χ1) is 12.2. The number of aromatic nitrogens is 2. The fourth-order valence-corrected chi connectivity index (χ4v) is 2.49. The minimum Gasteiger partial charge on any atom is -0.496 e. The minimum atomic E-state index is -0.153. The molecule has 0 saturated carbocycles. The maximum atomic E-state index is 12.0. The van der Waals surface area contributed by atoms with Crippen LogP contribution in [0, 0.1) is 0 Å². The zero-order chi connectivity index (χ0) is 17.6. The highest BCUT2D eigenvalue weighted by molar-refractivity contribution is 6.30. The summed E-state index contributed by atoms with van der Waals surface area (Å²) >= 11 is 5.89. The first kappa shape index (κ1) is 17.0. The van der Waals surface area contributed by atoms with E-state index in [4.69, 9.17) is 20.8 Å². The number of ether oxygens (including phenoxy) is 1. The van der Waals surface area contributed by atoms with Crippen molar-refractivity contribution in [2.45, 2.75) is 12.8 Å². The number of halogens is 1. The number of nitrogens with zero attached hydrogens (tertiary/aromatic N) is 2. The average Bonchev–Trinajstić information content (AvgIpc) is 3.09. The van der Waals surface area contributed by atoms with Gasteiger partial charge in [0.25, 0.3) is 5.89 Å². The average molecular weight is 358 g/mol. The van der Waals surface area contributed by atoms with Gasteiger partial charge in [0, 0.05) is 23.6 Å². The van der Waals surface area contributed by atoms with E-state index < -0.39 is 0 Å². The van der Waals surface area contributed by atoms with E-state index in [1.807, 2.05) is 24.3 Å². The second-order valence-corrected chi connectivity index (χ2v) is 5.70. The standard InChI is InChI=1S/C18H16ClN3O3/c1-24-15-8-3-2-7-14(15)18-22-21-17(25-18)10-9-16(23)20-13-6-4-5-12(19)11-13/h2-8,11H,9-10H2,1H3,(H,20,23). The summed E-state index contributed by atoms with van der Waals surface area (Å²) in [5.74, 6) is 1.25. The Morgan fingerprint density at radius 2 is 2.04 bits per heavy atom. The van der Waals surface area contributed by atoms with E-state index in [2.05, 4.69) is 15.5 Å². The van der Waals surface area contributed by atoms with Crippen molar-refractivity contribution in [1.82, 2.24) is 10.2 Å². The summed E-state index contributed by atoms with van der Waals surface area (Å²) < 4.78 is 10.9. The van der Waals surface area contributed by atoms with Gasteiger partial charge in [0.2, 0.25) is 11.8 Å². The predicted octanol–water partition coefficient (Wildman–Crippen LogP) is 3.97. The molecule has 0 atom stereocenters. The van der Waals surface area contributed by atoms with Gasteiger partial charge in [-0.05, 0) is 30.3 Å². The molecule has 0 bridgehead atoms. The lowest BCUT2D eigenvalue weighted by Crippen LogP contribution is -2.12. The first-order valence-electron chi connectivity index (χ1n) is 7.67. The Hall–Kier alpha value is -2.86. The fraction of sp³-hybridized carbons (Fsp3) is 0.167. The van der Waals surface area contributed by atoms with Crippen LogP contribution >= 0.6 is 11.6 Å². The molecule has 0 aliphatic carbocycles. The molecule has 3 aromatic rings. The van der Waals surface area contributed by atoms with E-state index in [0.717, 1.165) is 0 Å². The van der Waals surface area contributed by atoms with Gasteiger partial charge in [-0.2, -0.15) is 0 Å². The molecule has 128 valence electrons. The van der Waals surface area contributed by atoms with Crippen LogP contribution in [0.3, 0.4) is 0 Å². The number of para-hydroxylation sites is 1. The summed E-state index contributed by atoms with van der Waals surface area (Å²) in [4.78, 5) is 12.0. The number of methoxy groups -OCH3 is 1. The van der Waals surface area contributed by atoms with E-state index >= 15 is 0 Å². The number of nitrogens with one attached hydrogen (secondary N) is 1. The van der Waals surface area contributed by atoms with Gasteiger partial charge in [0.15, 0.2) is 0 Å². The maximum absolute atomic E-state index is 12.0. The number of hydrogen-bond acceptors (Lipinski definition) is 5. The summed E-state index contributed by atoms with van der Waals surface area (Å²) in [5, 5.41) is 11.4. The normalized spacial score (nSPS) is 10.5. The molecule has 7 heteroatoms. The van der Waals surface area contributed by atoms with Crippen molar-refractivity contribution in [3.63, 3.8) is 0 Å². The lowest BCUT2D eigenvalue weighted by Gasteiger charge is -2.04. The van der Waals surface area contributed by atoms with Crippen LogP contribution in [0.1, 0.15) is 12.3 Å². The van der Waals surface area contributed by atoms with Crippen LogP contribution in [0.5, 0.6) is 5.75 Å². The van der Waals surface area contributed by atoms with Crippen LogP contribution in [0.25, 0.3) is 11.5 Å². The number of hydrogen-bond donors (Lipinski definition) is 1. The Kier molecular flexibility index (Phi) is 5.30. The van der Waals surface area contributed by atoms with Crippen LogP contribution in [0.4, 0.5) is 5.69 Å². The third kappa shape index (κ3) is 4.36. The molecular weight excluding hydrogens is 342 g/mol. The summed E-state index contributed by atoms with van der Waals surface area (Å²) in [5.41, 5.74) is 1.37. The van der Waals surface area contributed by atoms with Gasteiger partial charge in [0.1, 0.15) is 5.75 Å². The van der Waals surface area contributed by atoms with E-state index in [-0.39, 0.29) is 12.3 Å². The largest absolute Gasteiger partial charge is 0.496 e. The summed E-state index contributed by atoms with van der Waals surface area (Å²) in [6.07, 6.45) is 0.564. The van der Waals surface area contributed by atoms with Crippen LogP contribution in [0.2, 0.25) is 5.02 Å². The van der Waals surface area contributed by atoms with E-state index in [0.29, 0.717) is 40.2 Å². The van der Waals surface area contributed by atoms with Crippen molar-refractivity contribution < 1.29 is 13.9 Å². The van der Waals surface area contributed by atoms with Gasteiger partial charge in [-0.1, -0.05) is 29.8 Å². The molecule has 2 aromatic carbocycles. The molecule has 3 rings (SSSR count). The van der Waals surface area contributed by atoms with E-state index in [1.54, 1.807) is 31.4 Å². The maximum Gasteiger partial charge on any atom is 0.251 e. The Labute approximate surface area is 149 Å². The SMILES string of the molecule is COc1ccccc1-c1nnc(CCC(=O)Nc2cccc(Cl)c2)o1. The Morgan fingerprint density at radius 3 is 2.84 bits per heavy atom. The highest BCUT2D eigenvalue weighted by Gasteiger charge is 2.14. The molecular formula is C18H16ClN3O3. The number of carbonyl (C=O) groups is 1. The van der Waals surface area contributed by atoms with E-state index in [1.165, 1.54) is 0 Å². The van der Waals surface area contributed by atoms with E-state index in [9.17, 15) is 4.79 Å².